The minimum Gasteiger partial charge on any atom is -0.507 e. The van der Waals surface area contributed by atoms with Gasteiger partial charge in [-0.1, -0.05) is 78.0 Å². The average Bonchev–Trinajstić information content (AvgIpc) is 2.79. The van der Waals surface area contributed by atoms with Gasteiger partial charge < -0.3 is 5.11 Å². The second-order valence-corrected chi connectivity index (χ2v) is 7.76. The molecule has 0 amide bonds. The molecule has 1 nitrogen and oxygen atoms in total. The van der Waals surface area contributed by atoms with Gasteiger partial charge in [0.05, 0.1) is 0 Å². The van der Waals surface area contributed by atoms with Crippen molar-refractivity contribution in [1.29, 1.82) is 0 Å². The van der Waals surface area contributed by atoms with Crippen LogP contribution in [0, 0.1) is 0 Å². The van der Waals surface area contributed by atoms with Crippen molar-refractivity contribution >= 4 is 0 Å². The molecule has 0 saturated heterocycles. The summed E-state index contributed by atoms with van der Waals surface area (Å²) in [5, 5.41) is 10.7. The fourth-order valence-electron chi connectivity index (χ4n) is 2.55. The van der Waals surface area contributed by atoms with Crippen LogP contribution in [-0.2, 0) is 10.8 Å². The highest BCUT2D eigenvalue weighted by atomic mass is 16.3. The first-order valence-electron chi connectivity index (χ1n) is 7.33. The Bertz CT molecular complexity index is 551. The minimum absolute atomic E-state index is 0.0634. The SMILES string of the molecule is CC(C)(C)c1cc(C2C=CC=C2)c(O)c(C(C)(C)C)c1. The summed E-state index contributed by atoms with van der Waals surface area (Å²) >= 11 is 0. The van der Waals surface area contributed by atoms with Gasteiger partial charge in [-0.25, -0.2) is 0 Å². The van der Waals surface area contributed by atoms with Crippen molar-refractivity contribution in [1.82, 2.24) is 0 Å². The molecule has 0 unspecified atom stereocenters. The molecule has 1 aliphatic rings. The predicted octanol–water partition coefficient (Wildman–Crippen LogP) is 5.20. The average molecular weight is 270 g/mol. The Labute approximate surface area is 123 Å². The molecule has 0 bridgehead atoms. The van der Waals surface area contributed by atoms with Crippen molar-refractivity contribution in [3.05, 3.63) is 53.1 Å². The standard InChI is InChI=1S/C19H26O/c1-18(2,3)14-11-15(13-9-7-8-10-13)17(20)16(12-14)19(4,5)6/h7-13,20H,1-6H3. The van der Waals surface area contributed by atoms with E-state index in [0.29, 0.717) is 5.75 Å². The van der Waals surface area contributed by atoms with Crippen molar-refractivity contribution in [2.24, 2.45) is 0 Å². The summed E-state index contributed by atoms with van der Waals surface area (Å²) in [7, 11) is 0. The van der Waals surface area contributed by atoms with Gasteiger partial charge in [-0.15, -0.1) is 0 Å². The molecule has 0 radical (unpaired) electrons. The zero-order valence-corrected chi connectivity index (χ0v) is 13.5. The van der Waals surface area contributed by atoms with E-state index < -0.39 is 0 Å². The molecule has 0 aromatic heterocycles. The van der Waals surface area contributed by atoms with E-state index in [2.05, 4.69) is 65.8 Å². The summed E-state index contributed by atoms with van der Waals surface area (Å²) in [5.74, 6) is 0.644. The highest BCUT2D eigenvalue weighted by Crippen LogP contribution is 2.41. The largest absolute Gasteiger partial charge is 0.507 e. The Morgan fingerprint density at radius 2 is 1.40 bits per heavy atom. The number of hydrogen-bond acceptors (Lipinski definition) is 1. The molecule has 0 aliphatic heterocycles. The second-order valence-electron chi connectivity index (χ2n) is 7.76. The van der Waals surface area contributed by atoms with Gasteiger partial charge in [0.15, 0.2) is 0 Å². The van der Waals surface area contributed by atoms with Gasteiger partial charge in [-0.3, -0.25) is 0 Å². The molecule has 0 spiro atoms. The van der Waals surface area contributed by atoms with Gasteiger partial charge in [0.25, 0.3) is 0 Å². The quantitative estimate of drug-likeness (QED) is 0.744. The van der Waals surface area contributed by atoms with Crippen molar-refractivity contribution in [2.45, 2.75) is 58.3 Å². The molecule has 1 aromatic carbocycles. The number of phenolic OH excluding ortho intramolecular Hbond substituents is 1. The van der Waals surface area contributed by atoms with Crippen molar-refractivity contribution in [3.8, 4) is 5.75 Å². The van der Waals surface area contributed by atoms with Crippen molar-refractivity contribution in [2.75, 3.05) is 0 Å². The first-order chi connectivity index (χ1) is 9.10. The number of benzene rings is 1. The van der Waals surface area contributed by atoms with Crippen LogP contribution in [0.25, 0.3) is 0 Å². The van der Waals surface area contributed by atoms with Gasteiger partial charge in [-0.2, -0.15) is 0 Å². The van der Waals surface area contributed by atoms with Gasteiger partial charge in [0.2, 0.25) is 0 Å². The minimum atomic E-state index is -0.0634. The van der Waals surface area contributed by atoms with E-state index in [1.165, 1.54) is 5.56 Å². The fraction of sp³-hybridized carbons (Fsp3) is 0.474. The lowest BCUT2D eigenvalue weighted by molar-refractivity contribution is 0.438. The molecule has 1 heteroatoms. The van der Waals surface area contributed by atoms with Gasteiger partial charge in [0, 0.05) is 11.5 Å². The Morgan fingerprint density at radius 1 is 0.850 bits per heavy atom. The van der Waals surface area contributed by atoms with Crippen LogP contribution < -0.4 is 0 Å². The van der Waals surface area contributed by atoms with Gasteiger partial charge in [0.1, 0.15) is 5.75 Å². The van der Waals surface area contributed by atoms with Crippen LogP contribution in [-0.4, -0.2) is 5.11 Å². The van der Waals surface area contributed by atoms with Crippen LogP contribution >= 0.6 is 0 Å². The lowest BCUT2D eigenvalue weighted by Crippen LogP contribution is -2.17. The molecule has 2 rings (SSSR count). The van der Waals surface area contributed by atoms with Crippen LogP contribution in [0.3, 0.4) is 0 Å². The second kappa shape index (κ2) is 4.80. The smallest absolute Gasteiger partial charge is 0.123 e. The predicted molar refractivity (Wildman–Crippen MR) is 86.5 cm³/mol. The molecule has 0 saturated carbocycles. The van der Waals surface area contributed by atoms with E-state index in [1.807, 2.05) is 12.2 Å². The monoisotopic (exact) mass is 270 g/mol. The number of aromatic hydroxyl groups is 1. The van der Waals surface area contributed by atoms with E-state index in [-0.39, 0.29) is 16.7 Å². The van der Waals surface area contributed by atoms with Crippen LogP contribution in [0.5, 0.6) is 5.75 Å². The van der Waals surface area contributed by atoms with Crippen LogP contribution in [0.1, 0.15) is 64.2 Å². The highest BCUT2D eigenvalue weighted by Gasteiger charge is 2.26. The Balaban J connectivity index is 2.67. The van der Waals surface area contributed by atoms with E-state index in [9.17, 15) is 5.11 Å². The molecule has 108 valence electrons. The zero-order chi connectivity index (χ0) is 15.1. The van der Waals surface area contributed by atoms with Crippen LogP contribution in [0.2, 0.25) is 0 Å². The molecular formula is C19H26O. The molecule has 0 fully saturated rings. The number of rotatable bonds is 1. The maximum Gasteiger partial charge on any atom is 0.123 e. The maximum absolute atomic E-state index is 10.7. The van der Waals surface area contributed by atoms with E-state index in [0.717, 1.165) is 11.1 Å². The summed E-state index contributed by atoms with van der Waals surface area (Å²) in [4.78, 5) is 0. The number of allylic oxidation sites excluding steroid dienone is 4. The third kappa shape index (κ3) is 2.82. The first kappa shape index (κ1) is 14.9. The summed E-state index contributed by atoms with van der Waals surface area (Å²) < 4.78 is 0. The van der Waals surface area contributed by atoms with Gasteiger partial charge >= 0.3 is 0 Å². The van der Waals surface area contributed by atoms with E-state index in [1.54, 1.807) is 0 Å². The topological polar surface area (TPSA) is 20.2 Å². The molecule has 0 atom stereocenters. The summed E-state index contributed by atoms with van der Waals surface area (Å²) in [5.41, 5.74) is 3.35. The van der Waals surface area contributed by atoms with Gasteiger partial charge in [-0.05, 0) is 22.0 Å². The normalized spacial score (nSPS) is 16.1. The number of phenols is 1. The third-order valence-electron chi connectivity index (χ3n) is 3.92. The summed E-state index contributed by atoms with van der Waals surface area (Å²) in [6.07, 6.45) is 8.36. The van der Waals surface area contributed by atoms with E-state index in [4.69, 9.17) is 0 Å². The van der Waals surface area contributed by atoms with Crippen molar-refractivity contribution < 1.29 is 5.11 Å². The number of hydrogen-bond donors (Lipinski definition) is 1. The molecule has 1 N–H and O–H groups in total. The molecule has 1 aliphatic carbocycles. The lowest BCUT2D eigenvalue weighted by Gasteiger charge is -2.28. The molecule has 0 heterocycles. The lowest BCUT2D eigenvalue weighted by atomic mass is 9.77. The van der Waals surface area contributed by atoms with Crippen LogP contribution in [0.15, 0.2) is 36.4 Å². The Morgan fingerprint density at radius 3 is 1.85 bits per heavy atom. The molecule has 1 aromatic rings. The van der Waals surface area contributed by atoms with Crippen molar-refractivity contribution in [3.63, 3.8) is 0 Å². The maximum atomic E-state index is 10.7. The zero-order valence-electron chi connectivity index (χ0n) is 13.5. The van der Waals surface area contributed by atoms with Crippen LogP contribution in [0.4, 0.5) is 0 Å². The highest BCUT2D eigenvalue weighted by molar-refractivity contribution is 5.53. The summed E-state index contributed by atoms with van der Waals surface area (Å²) in [6.45, 7) is 13.1. The summed E-state index contributed by atoms with van der Waals surface area (Å²) in [6, 6.07) is 4.33. The van der Waals surface area contributed by atoms with E-state index >= 15 is 0 Å². The third-order valence-corrected chi connectivity index (χ3v) is 3.92. The molecule has 20 heavy (non-hydrogen) atoms. The fourth-order valence-corrected chi connectivity index (χ4v) is 2.55. The molecular weight excluding hydrogens is 244 g/mol. The first-order valence-corrected chi connectivity index (χ1v) is 7.33. The Kier molecular flexibility index (Phi) is 3.58. The Hall–Kier alpha value is -1.50.